The maximum absolute atomic E-state index is 11.8. The first-order valence-electron chi connectivity index (χ1n) is 7.92. The van der Waals surface area contributed by atoms with Crippen LogP contribution < -0.4 is 29.6 Å². The molecule has 8 nitrogen and oxygen atoms in total. The van der Waals surface area contributed by atoms with E-state index in [0.29, 0.717) is 19.0 Å². The SMILES string of the molecule is CCOC(=O)C(=CC=C1OCC(C)(C)N1CCCS(=O)(=O)[O-])C(C)=O.[Na+]. The molecule has 0 amide bonds. The molecular formula is C16H24NNaO7S. The molecule has 1 heterocycles. The smallest absolute Gasteiger partial charge is 0.748 e. The third-order valence-electron chi connectivity index (χ3n) is 3.61. The van der Waals surface area contributed by atoms with E-state index in [1.807, 2.05) is 13.8 Å². The number of hydrogen-bond acceptors (Lipinski definition) is 8. The number of ketones is 1. The predicted octanol–water partition coefficient (Wildman–Crippen LogP) is -2.04. The van der Waals surface area contributed by atoms with Crippen LogP contribution in [0, 0.1) is 0 Å². The van der Waals surface area contributed by atoms with Gasteiger partial charge in [-0.2, -0.15) is 0 Å². The van der Waals surface area contributed by atoms with Crippen LogP contribution in [0.15, 0.2) is 23.6 Å². The van der Waals surface area contributed by atoms with Gasteiger partial charge in [-0.1, -0.05) is 0 Å². The topological polar surface area (TPSA) is 113 Å². The van der Waals surface area contributed by atoms with Crippen LogP contribution in [0.4, 0.5) is 0 Å². The summed E-state index contributed by atoms with van der Waals surface area (Å²) in [6.07, 6.45) is 2.96. The molecule has 142 valence electrons. The van der Waals surface area contributed by atoms with Crippen molar-refractivity contribution in [1.29, 1.82) is 0 Å². The van der Waals surface area contributed by atoms with Crippen molar-refractivity contribution in [3.63, 3.8) is 0 Å². The van der Waals surface area contributed by atoms with Gasteiger partial charge in [-0.05, 0) is 46.3 Å². The van der Waals surface area contributed by atoms with Crippen LogP contribution >= 0.6 is 0 Å². The monoisotopic (exact) mass is 397 g/mol. The van der Waals surface area contributed by atoms with E-state index in [9.17, 15) is 22.6 Å². The van der Waals surface area contributed by atoms with Gasteiger partial charge in [-0.15, -0.1) is 0 Å². The Morgan fingerprint density at radius 1 is 1.38 bits per heavy atom. The Hall–Kier alpha value is -0.870. The van der Waals surface area contributed by atoms with Crippen LogP contribution in [-0.2, 0) is 29.2 Å². The standard InChI is InChI=1S/C16H25NO7S.Na/c1-5-23-15(19)13(12(2)18)7-8-14-17(16(3,4)11-24-14)9-6-10-25(20,21)22;/h7-8H,5-6,9-11H2,1-4H3,(H,20,21,22);/q;+1/p-1. The zero-order chi connectivity index (χ0) is 19.3. The maximum atomic E-state index is 11.8. The molecule has 0 spiro atoms. The minimum absolute atomic E-state index is 0. The van der Waals surface area contributed by atoms with Gasteiger partial charge in [-0.3, -0.25) is 4.79 Å². The first kappa shape index (κ1) is 25.1. The zero-order valence-electron chi connectivity index (χ0n) is 15.9. The molecule has 0 aliphatic carbocycles. The average molecular weight is 397 g/mol. The van der Waals surface area contributed by atoms with Crippen molar-refractivity contribution in [3.8, 4) is 0 Å². The summed E-state index contributed by atoms with van der Waals surface area (Å²) in [5.74, 6) is -1.22. The van der Waals surface area contributed by atoms with Crippen LogP contribution in [0.25, 0.3) is 0 Å². The molecule has 0 saturated carbocycles. The number of carbonyl (C=O) groups is 2. The van der Waals surface area contributed by atoms with Crippen LogP contribution in [0.5, 0.6) is 0 Å². The van der Waals surface area contributed by atoms with Crippen molar-refractivity contribution >= 4 is 21.9 Å². The van der Waals surface area contributed by atoms with Gasteiger partial charge in [0.15, 0.2) is 11.7 Å². The third kappa shape index (κ3) is 7.79. The summed E-state index contributed by atoms with van der Waals surface area (Å²) in [5, 5.41) is 0. The Morgan fingerprint density at radius 3 is 2.50 bits per heavy atom. The van der Waals surface area contributed by atoms with E-state index in [-0.39, 0.29) is 48.2 Å². The largest absolute Gasteiger partial charge is 1.00 e. The number of rotatable bonds is 8. The van der Waals surface area contributed by atoms with E-state index >= 15 is 0 Å². The van der Waals surface area contributed by atoms with Crippen LogP contribution in [0.2, 0.25) is 0 Å². The van der Waals surface area contributed by atoms with Crippen molar-refractivity contribution in [3.05, 3.63) is 23.6 Å². The van der Waals surface area contributed by atoms with Crippen molar-refractivity contribution in [2.75, 3.05) is 25.5 Å². The molecule has 0 aromatic rings. The number of Topliss-reactive ketones (excluding diaryl/α,β-unsaturated/α-hetero) is 1. The van der Waals surface area contributed by atoms with Gasteiger partial charge in [0.2, 0.25) is 0 Å². The van der Waals surface area contributed by atoms with Crippen LogP contribution in [0.1, 0.15) is 34.1 Å². The first-order chi connectivity index (χ1) is 11.5. The Labute approximate surface area is 176 Å². The zero-order valence-corrected chi connectivity index (χ0v) is 18.7. The number of carbonyl (C=O) groups excluding carboxylic acids is 2. The quantitative estimate of drug-likeness (QED) is 0.115. The van der Waals surface area contributed by atoms with Gasteiger partial charge < -0.3 is 18.9 Å². The van der Waals surface area contributed by atoms with Gasteiger partial charge in [0.25, 0.3) is 0 Å². The molecule has 0 aromatic carbocycles. The predicted molar refractivity (Wildman–Crippen MR) is 89.4 cm³/mol. The summed E-state index contributed by atoms with van der Waals surface area (Å²) < 4.78 is 42.7. The van der Waals surface area contributed by atoms with Gasteiger partial charge in [-0.25, -0.2) is 13.2 Å². The number of ether oxygens (including phenoxy) is 2. The minimum Gasteiger partial charge on any atom is -0.748 e. The van der Waals surface area contributed by atoms with E-state index in [2.05, 4.69) is 0 Å². The van der Waals surface area contributed by atoms with Gasteiger partial charge in [0, 0.05) is 12.3 Å². The molecule has 0 unspecified atom stereocenters. The molecule has 0 radical (unpaired) electrons. The summed E-state index contributed by atoms with van der Waals surface area (Å²) in [6.45, 7) is 7.51. The van der Waals surface area contributed by atoms with E-state index in [4.69, 9.17) is 9.47 Å². The average Bonchev–Trinajstić information content (AvgIpc) is 2.73. The molecule has 0 aromatic heterocycles. The maximum Gasteiger partial charge on any atom is 1.00 e. The molecular weight excluding hydrogens is 373 g/mol. The van der Waals surface area contributed by atoms with E-state index in [0.717, 1.165) is 0 Å². The van der Waals surface area contributed by atoms with Crippen molar-refractivity contribution in [2.24, 2.45) is 0 Å². The normalized spacial score (nSPS) is 18.3. The summed E-state index contributed by atoms with van der Waals surface area (Å²) in [7, 11) is -4.28. The molecule has 0 atom stereocenters. The molecule has 10 heteroatoms. The van der Waals surface area contributed by atoms with Crippen LogP contribution in [-0.4, -0.2) is 60.7 Å². The second-order valence-electron chi connectivity index (χ2n) is 6.23. The Bertz CT molecular complexity index is 683. The van der Waals surface area contributed by atoms with E-state index < -0.39 is 33.2 Å². The minimum atomic E-state index is -4.28. The first-order valence-corrected chi connectivity index (χ1v) is 9.49. The number of esters is 1. The van der Waals surface area contributed by atoms with Crippen molar-refractivity contribution in [1.82, 2.24) is 4.90 Å². The van der Waals surface area contributed by atoms with Crippen molar-refractivity contribution < 1.29 is 61.6 Å². The molecule has 26 heavy (non-hydrogen) atoms. The third-order valence-corrected chi connectivity index (χ3v) is 4.40. The van der Waals surface area contributed by atoms with Crippen LogP contribution in [0.3, 0.4) is 0 Å². The van der Waals surface area contributed by atoms with E-state index in [1.165, 1.54) is 19.1 Å². The summed E-state index contributed by atoms with van der Waals surface area (Å²) in [4.78, 5) is 25.2. The number of hydrogen-bond donors (Lipinski definition) is 0. The molecule has 1 fully saturated rings. The van der Waals surface area contributed by atoms with Crippen molar-refractivity contribution in [2.45, 2.75) is 39.7 Å². The number of nitrogens with zero attached hydrogens (tertiary/aromatic N) is 1. The number of allylic oxidation sites excluding steroid dienone is 2. The summed E-state index contributed by atoms with van der Waals surface area (Å²) >= 11 is 0. The molecule has 0 bridgehead atoms. The van der Waals surface area contributed by atoms with Gasteiger partial charge in [0.1, 0.15) is 12.2 Å². The summed E-state index contributed by atoms with van der Waals surface area (Å²) in [6, 6.07) is 0. The Balaban J connectivity index is 0.00000625. The molecule has 1 rings (SSSR count). The second kappa shape index (κ2) is 10.5. The fourth-order valence-electron chi connectivity index (χ4n) is 2.35. The van der Waals surface area contributed by atoms with E-state index in [1.54, 1.807) is 11.8 Å². The Morgan fingerprint density at radius 2 is 2.00 bits per heavy atom. The van der Waals surface area contributed by atoms with Gasteiger partial charge in [0.05, 0.1) is 22.3 Å². The second-order valence-corrected chi connectivity index (χ2v) is 7.75. The molecule has 1 saturated heterocycles. The molecule has 1 aliphatic rings. The molecule has 1 aliphatic heterocycles. The fraction of sp³-hybridized carbons (Fsp3) is 0.625. The Kier molecular flexibility index (Phi) is 10.1. The van der Waals surface area contributed by atoms with Gasteiger partial charge >= 0.3 is 35.5 Å². The summed E-state index contributed by atoms with van der Waals surface area (Å²) in [5.41, 5.74) is -0.517. The molecule has 0 N–H and O–H groups in total. The fourth-order valence-corrected chi connectivity index (χ4v) is 2.83.